The number of alkyl halides is 24. The average Bonchev–Trinajstić information content (AvgIpc) is 2.95. The van der Waals surface area contributed by atoms with Crippen molar-refractivity contribution in [1.29, 1.82) is 0 Å². The summed E-state index contributed by atoms with van der Waals surface area (Å²) in [5.41, 5.74) is -0.146. The maximum absolute atomic E-state index is 14.1. The Morgan fingerprint density at radius 3 is 1.15 bits per heavy atom. The molecule has 1 N–H and O–H groups in total. The van der Waals surface area contributed by atoms with Crippen LogP contribution >= 0.6 is 0 Å². The largest absolute Gasteiger partial charge is 0.505 e. The van der Waals surface area contributed by atoms with Gasteiger partial charge in [0.2, 0.25) is 0 Å². The maximum atomic E-state index is 14.1. The number of ether oxygens (including phenoxy) is 3. The highest BCUT2D eigenvalue weighted by Gasteiger charge is 2.90. The first-order valence-electron chi connectivity index (χ1n) is 11.9. The van der Waals surface area contributed by atoms with Gasteiger partial charge in [-0.2, -0.15) is 105 Å². The van der Waals surface area contributed by atoms with Crippen molar-refractivity contribution in [2.45, 2.75) is 72.5 Å². The van der Waals surface area contributed by atoms with E-state index in [0.29, 0.717) is 24.3 Å². The summed E-state index contributed by atoms with van der Waals surface area (Å²) < 4.78 is 327. The monoisotopic (exact) mass is 820 g/mol. The quantitative estimate of drug-likeness (QED) is 0.181. The second-order valence-corrected chi connectivity index (χ2v) is 9.49. The lowest BCUT2D eigenvalue weighted by atomic mass is 10.1. The molecule has 0 amide bonds. The Hall–Kier alpha value is -3.86. The van der Waals surface area contributed by atoms with Crippen LogP contribution in [0.15, 0.2) is 36.7 Å². The number of rotatable bonds is 15. The lowest BCUT2D eigenvalue weighted by molar-refractivity contribution is -0.544. The molecule has 0 aliphatic rings. The molecule has 2 rings (SSSR count). The molecule has 0 saturated heterocycles. The first kappa shape index (κ1) is 44.3. The van der Waals surface area contributed by atoms with Crippen molar-refractivity contribution in [2.24, 2.45) is 0 Å². The van der Waals surface area contributed by atoms with E-state index in [2.05, 4.69) is 14.7 Å². The normalized spacial score (nSPS) is 15.8. The molecule has 0 aliphatic heterocycles. The van der Waals surface area contributed by atoms with E-state index in [0.717, 1.165) is 17.1 Å². The standard InChI is InChI=1S/C22H8F24N2O4/c23-11(50-9-3-1-7(2-4-9)10-47-5-8(49)6-48-10)12(24,25)13(26,27)19(39,40)51-21(43,44)16(32,33)17(34,35)22(45,46)52-20(41,42)15(30,31)14(28,29)18(36,37)38/h1-6,11,49H. The Kier molecular flexibility index (Phi) is 11.0. The van der Waals surface area contributed by atoms with Gasteiger partial charge in [0.05, 0.1) is 12.4 Å². The van der Waals surface area contributed by atoms with Crippen LogP contribution < -0.4 is 4.74 Å². The minimum Gasteiger partial charge on any atom is -0.505 e. The average molecular weight is 820 g/mol. The molecule has 2 aromatic rings. The van der Waals surface area contributed by atoms with Crippen LogP contribution in [-0.2, 0) is 9.47 Å². The molecule has 1 unspecified atom stereocenters. The molecule has 0 spiro atoms. The molecule has 0 bridgehead atoms. The van der Waals surface area contributed by atoms with Crippen molar-refractivity contribution < 1.29 is 125 Å². The van der Waals surface area contributed by atoms with Crippen LogP contribution in [0.4, 0.5) is 105 Å². The Balaban J connectivity index is 2.38. The fraction of sp³-hybridized carbons (Fsp3) is 0.545. The van der Waals surface area contributed by atoms with Crippen molar-refractivity contribution in [3.63, 3.8) is 0 Å². The molecule has 0 radical (unpaired) electrons. The van der Waals surface area contributed by atoms with Crippen LogP contribution in [0.5, 0.6) is 11.5 Å². The minimum atomic E-state index is -8.91. The minimum absolute atomic E-state index is 0.146. The van der Waals surface area contributed by atoms with Crippen LogP contribution in [0.2, 0.25) is 0 Å². The summed E-state index contributed by atoms with van der Waals surface area (Å²) in [4.78, 5) is 7.05. The SMILES string of the molecule is Oc1cnc(-c2ccc(OC(F)C(F)(F)C(F)(F)C(F)(F)OC(F)(F)C(F)(F)C(F)(F)C(F)(F)OC(F)(F)C(F)(F)C(F)(F)C(F)(F)F)cc2)nc1. The third-order valence-electron chi connectivity index (χ3n) is 5.81. The Bertz CT molecular complexity index is 1540. The van der Waals surface area contributed by atoms with Crippen LogP contribution in [0, 0.1) is 0 Å². The zero-order valence-corrected chi connectivity index (χ0v) is 23.2. The van der Waals surface area contributed by atoms with E-state index in [-0.39, 0.29) is 11.4 Å². The molecule has 1 aromatic carbocycles. The fourth-order valence-electron chi connectivity index (χ4n) is 2.99. The van der Waals surface area contributed by atoms with Crippen molar-refractivity contribution >= 4 is 0 Å². The Morgan fingerprint density at radius 2 is 0.808 bits per heavy atom. The van der Waals surface area contributed by atoms with E-state index in [1.54, 1.807) is 0 Å². The molecular formula is C22H8F24N2O4. The number of nitrogens with zero attached hydrogens (tertiary/aromatic N) is 2. The third-order valence-corrected chi connectivity index (χ3v) is 5.81. The summed E-state index contributed by atoms with van der Waals surface area (Å²) >= 11 is 0. The molecule has 6 nitrogen and oxygen atoms in total. The summed E-state index contributed by atoms with van der Waals surface area (Å²) in [6, 6.07) is 2.18. The van der Waals surface area contributed by atoms with Crippen molar-refractivity contribution in [2.75, 3.05) is 0 Å². The Morgan fingerprint density at radius 1 is 0.481 bits per heavy atom. The summed E-state index contributed by atoms with van der Waals surface area (Å²) in [7, 11) is 0. The van der Waals surface area contributed by atoms with Crippen molar-refractivity contribution in [3.8, 4) is 22.9 Å². The summed E-state index contributed by atoms with van der Waals surface area (Å²) in [6.07, 6.45) is -45.3. The van der Waals surface area contributed by atoms with Gasteiger partial charge in [0.15, 0.2) is 11.6 Å². The van der Waals surface area contributed by atoms with Gasteiger partial charge in [-0.15, -0.1) is 0 Å². The molecule has 0 saturated carbocycles. The molecule has 30 heteroatoms. The molecule has 0 fully saturated rings. The number of aromatic nitrogens is 2. The van der Waals surface area contributed by atoms with E-state index in [4.69, 9.17) is 5.11 Å². The fourth-order valence-corrected chi connectivity index (χ4v) is 2.99. The third kappa shape index (κ3) is 7.22. The van der Waals surface area contributed by atoms with Gasteiger partial charge in [0, 0.05) is 5.56 Å². The molecule has 1 aromatic heterocycles. The zero-order chi connectivity index (χ0) is 41.2. The van der Waals surface area contributed by atoms with Gasteiger partial charge >= 0.3 is 72.5 Å². The highest BCUT2D eigenvalue weighted by molar-refractivity contribution is 5.56. The second kappa shape index (κ2) is 12.9. The van der Waals surface area contributed by atoms with E-state index < -0.39 is 84.0 Å². The predicted octanol–water partition coefficient (Wildman–Crippen LogP) is 9.30. The van der Waals surface area contributed by atoms with Gasteiger partial charge in [-0.05, 0) is 24.3 Å². The number of halogens is 24. The summed E-state index contributed by atoms with van der Waals surface area (Å²) in [5.74, 6) is -52.0. The lowest BCUT2D eigenvalue weighted by Gasteiger charge is -2.40. The first-order valence-corrected chi connectivity index (χ1v) is 11.9. The summed E-state index contributed by atoms with van der Waals surface area (Å²) in [6.45, 7) is 0. The molecule has 1 heterocycles. The van der Waals surface area contributed by atoms with Gasteiger partial charge in [-0.3, -0.25) is 0 Å². The first-order chi connectivity index (χ1) is 22.8. The van der Waals surface area contributed by atoms with E-state index in [1.165, 1.54) is 4.74 Å². The van der Waals surface area contributed by atoms with Gasteiger partial charge in [-0.1, -0.05) is 0 Å². The maximum Gasteiger partial charge on any atom is 0.460 e. The highest BCUT2D eigenvalue weighted by atomic mass is 19.4. The van der Waals surface area contributed by atoms with Gasteiger partial charge in [-0.25, -0.2) is 19.4 Å². The van der Waals surface area contributed by atoms with E-state index >= 15 is 0 Å². The number of benzene rings is 1. The Labute approximate surface area is 267 Å². The summed E-state index contributed by atoms with van der Waals surface area (Å²) in [5, 5.41) is 9.09. The van der Waals surface area contributed by atoms with Crippen LogP contribution in [0.3, 0.4) is 0 Å². The highest BCUT2D eigenvalue weighted by Crippen LogP contribution is 2.60. The lowest BCUT2D eigenvalue weighted by Crippen LogP contribution is -2.69. The van der Waals surface area contributed by atoms with Crippen molar-refractivity contribution in [3.05, 3.63) is 36.7 Å². The smallest absolute Gasteiger partial charge is 0.460 e. The number of aromatic hydroxyl groups is 1. The van der Waals surface area contributed by atoms with E-state index in [9.17, 15) is 105 Å². The van der Waals surface area contributed by atoms with Crippen LogP contribution in [0.1, 0.15) is 0 Å². The number of hydrogen-bond donors (Lipinski definition) is 1. The zero-order valence-electron chi connectivity index (χ0n) is 23.2. The second-order valence-electron chi connectivity index (χ2n) is 9.49. The number of hydrogen-bond acceptors (Lipinski definition) is 6. The topological polar surface area (TPSA) is 73.7 Å². The van der Waals surface area contributed by atoms with Crippen LogP contribution in [-0.4, -0.2) is 87.6 Å². The predicted molar refractivity (Wildman–Crippen MR) is 112 cm³/mol. The molecule has 1 atom stereocenters. The van der Waals surface area contributed by atoms with Gasteiger partial charge < -0.3 is 9.84 Å². The molecule has 0 aliphatic carbocycles. The molecule has 52 heavy (non-hydrogen) atoms. The van der Waals surface area contributed by atoms with Crippen molar-refractivity contribution in [1.82, 2.24) is 9.97 Å². The molecule has 298 valence electrons. The van der Waals surface area contributed by atoms with Gasteiger partial charge in [0.25, 0.3) is 0 Å². The van der Waals surface area contributed by atoms with Crippen LogP contribution in [0.25, 0.3) is 11.4 Å². The van der Waals surface area contributed by atoms with Gasteiger partial charge in [0.1, 0.15) is 5.75 Å². The molecular weight excluding hydrogens is 812 g/mol. The van der Waals surface area contributed by atoms with E-state index in [1.807, 2.05) is 0 Å².